The number of fused-ring (bicyclic) bond motifs is 2. The standard InChI is InChI=1S/C19H26O6/c1-9(2)17(21)23-13-6-10(3)12(20)7-15-19(5,25-15)8-14-16(13)11(4)18(22)24-14/h6,9,12-16,20H,4,7-8H2,1-3,5H3. The van der Waals surface area contributed by atoms with E-state index in [0.29, 0.717) is 24.0 Å². The highest BCUT2D eigenvalue weighted by Gasteiger charge is 2.58. The van der Waals surface area contributed by atoms with Gasteiger partial charge in [-0.15, -0.1) is 0 Å². The molecule has 0 radical (unpaired) electrons. The second-order valence-corrected chi connectivity index (χ2v) is 7.84. The predicted molar refractivity (Wildman–Crippen MR) is 89.5 cm³/mol. The van der Waals surface area contributed by atoms with E-state index in [2.05, 4.69) is 6.58 Å². The summed E-state index contributed by atoms with van der Waals surface area (Å²) in [6.07, 6.45) is 0.759. The van der Waals surface area contributed by atoms with Gasteiger partial charge in [0.25, 0.3) is 0 Å². The van der Waals surface area contributed by atoms with E-state index in [0.717, 1.165) is 0 Å². The van der Waals surface area contributed by atoms with Crippen molar-refractivity contribution < 1.29 is 28.9 Å². The molecule has 0 aromatic carbocycles. The molecule has 2 aliphatic heterocycles. The Hall–Kier alpha value is -1.66. The minimum atomic E-state index is -0.701. The quantitative estimate of drug-likeness (QED) is 0.354. The number of carbonyl (C=O) groups is 2. The molecule has 25 heavy (non-hydrogen) atoms. The molecule has 0 aromatic rings. The van der Waals surface area contributed by atoms with Crippen molar-refractivity contribution in [2.75, 3.05) is 0 Å². The summed E-state index contributed by atoms with van der Waals surface area (Å²) in [4.78, 5) is 24.3. The Kier molecular flexibility index (Phi) is 4.54. The highest BCUT2D eigenvalue weighted by molar-refractivity contribution is 5.91. The molecule has 0 saturated carbocycles. The Morgan fingerprint density at radius 1 is 1.48 bits per heavy atom. The van der Waals surface area contributed by atoms with Gasteiger partial charge in [0.1, 0.15) is 12.2 Å². The molecule has 0 amide bonds. The first-order valence-corrected chi connectivity index (χ1v) is 8.77. The third-order valence-electron chi connectivity index (χ3n) is 5.43. The van der Waals surface area contributed by atoms with Gasteiger partial charge in [-0.05, 0) is 25.5 Å². The van der Waals surface area contributed by atoms with Gasteiger partial charge in [0, 0.05) is 18.4 Å². The number of carbonyl (C=O) groups excluding carboxylic acids is 2. The third kappa shape index (κ3) is 3.37. The van der Waals surface area contributed by atoms with Crippen molar-refractivity contribution in [2.45, 2.75) is 70.6 Å². The number of hydrogen-bond donors (Lipinski definition) is 1. The average molecular weight is 350 g/mol. The van der Waals surface area contributed by atoms with Gasteiger partial charge in [-0.2, -0.15) is 0 Å². The molecule has 1 aliphatic carbocycles. The minimum absolute atomic E-state index is 0.0752. The average Bonchev–Trinajstić information content (AvgIpc) is 3.05. The lowest BCUT2D eigenvalue weighted by Crippen LogP contribution is -2.37. The number of rotatable bonds is 2. The summed E-state index contributed by atoms with van der Waals surface area (Å²) < 4.78 is 16.9. The molecule has 0 spiro atoms. The fourth-order valence-electron chi connectivity index (χ4n) is 3.63. The van der Waals surface area contributed by atoms with E-state index >= 15 is 0 Å². The zero-order chi connectivity index (χ0) is 18.5. The Morgan fingerprint density at radius 3 is 2.80 bits per heavy atom. The number of ether oxygens (including phenoxy) is 3. The molecular weight excluding hydrogens is 324 g/mol. The molecule has 0 bridgehead atoms. The van der Waals surface area contributed by atoms with Gasteiger partial charge >= 0.3 is 11.9 Å². The fraction of sp³-hybridized carbons (Fsp3) is 0.684. The zero-order valence-electron chi connectivity index (χ0n) is 15.2. The van der Waals surface area contributed by atoms with E-state index in [1.807, 2.05) is 6.92 Å². The smallest absolute Gasteiger partial charge is 0.334 e. The van der Waals surface area contributed by atoms with Crippen LogP contribution in [0, 0.1) is 11.8 Å². The zero-order valence-corrected chi connectivity index (χ0v) is 15.2. The van der Waals surface area contributed by atoms with E-state index in [1.54, 1.807) is 26.8 Å². The van der Waals surface area contributed by atoms with Crippen LogP contribution in [0.5, 0.6) is 0 Å². The van der Waals surface area contributed by atoms with E-state index in [4.69, 9.17) is 14.2 Å². The molecule has 138 valence electrons. The highest BCUT2D eigenvalue weighted by atomic mass is 16.6. The lowest BCUT2D eigenvalue weighted by atomic mass is 9.82. The predicted octanol–water partition coefficient (Wildman–Crippen LogP) is 1.91. The first kappa shape index (κ1) is 18.1. The maximum atomic E-state index is 12.2. The Bertz CT molecular complexity index is 636. The molecule has 2 fully saturated rings. The third-order valence-corrected chi connectivity index (χ3v) is 5.43. The molecule has 6 unspecified atom stereocenters. The van der Waals surface area contributed by atoms with Crippen LogP contribution in [0.1, 0.15) is 40.5 Å². The van der Waals surface area contributed by atoms with Crippen LogP contribution in [0.2, 0.25) is 0 Å². The molecule has 6 heteroatoms. The van der Waals surface area contributed by atoms with Gasteiger partial charge in [-0.1, -0.05) is 20.4 Å². The van der Waals surface area contributed by atoms with Crippen molar-refractivity contribution in [3.63, 3.8) is 0 Å². The van der Waals surface area contributed by atoms with Crippen LogP contribution in [0.3, 0.4) is 0 Å². The summed E-state index contributed by atoms with van der Waals surface area (Å²) in [5.41, 5.74) is 0.539. The largest absolute Gasteiger partial charge is 0.458 e. The van der Waals surface area contributed by atoms with Crippen molar-refractivity contribution in [2.24, 2.45) is 11.8 Å². The van der Waals surface area contributed by atoms with Crippen molar-refractivity contribution in [3.8, 4) is 0 Å². The van der Waals surface area contributed by atoms with Gasteiger partial charge in [-0.3, -0.25) is 4.79 Å². The van der Waals surface area contributed by atoms with Crippen LogP contribution in [-0.4, -0.2) is 47.1 Å². The first-order chi connectivity index (χ1) is 11.6. The summed E-state index contributed by atoms with van der Waals surface area (Å²) in [6.45, 7) is 11.1. The van der Waals surface area contributed by atoms with Gasteiger partial charge in [0.2, 0.25) is 0 Å². The summed E-state index contributed by atoms with van der Waals surface area (Å²) in [5, 5.41) is 10.4. The molecule has 2 heterocycles. The van der Waals surface area contributed by atoms with E-state index in [9.17, 15) is 14.7 Å². The topological polar surface area (TPSA) is 85.4 Å². The van der Waals surface area contributed by atoms with E-state index in [-0.39, 0.29) is 18.0 Å². The van der Waals surface area contributed by atoms with Gasteiger partial charge in [0.05, 0.1) is 29.6 Å². The Morgan fingerprint density at radius 2 is 2.16 bits per heavy atom. The summed E-state index contributed by atoms with van der Waals surface area (Å²) in [5.74, 6) is -1.60. The van der Waals surface area contributed by atoms with Crippen molar-refractivity contribution >= 4 is 11.9 Å². The van der Waals surface area contributed by atoms with E-state index in [1.165, 1.54) is 0 Å². The fourth-order valence-corrected chi connectivity index (χ4v) is 3.63. The van der Waals surface area contributed by atoms with E-state index < -0.39 is 35.8 Å². The van der Waals surface area contributed by atoms with Crippen LogP contribution in [0.25, 0.3) is 0 Å². The van der Waals surface area contributed by atoms with Gasteiger partial charge in [0.15, 0.2) is 0 Å². The SMILES string of the molecule is C=C1C(=O)OC2CC3(C)OC3CC(O)C(C)=CC(OC(=O)C(C)C)C12. The van der Waals surface area contributed by atoms with Crippen LogP contribution in [-0.2, 0) is 23.8 Å². The number of aliphatic hydroxyl groups excluding tert-OH is 1. The van der Waals surface area contributed by atoms with Crippen LogP contribution < -0.4 is 0 Å². The highest BCUT2D eigenvalue weighted by Crippen LogP contribution is 2.48. The summed E-state index contributed by atoms with van der Waals surface area (Å²) >= 11 is 0. The maximum Gasteiger partial charge on any atom is 0.334 e. The maximum absolute atomic E-state index is 12.2. The van der Waals surface area contributed by atoms with Gasteiger partial charge < -0.3 is 19.3 Å². The molecule has 2 saturated heterocycles. The summed E-state index contributed by atoms with van der Waals surface area (Å²) in [6, 6.07) is 0. The number of hydrogen-bond acceptors (Lipinski definition) is 6. The molecular formula is C19H26O6. The van der Waals surface area contributed by atoms with Crippen molar-refractivity contribution in [1.29, 1.82) is 0 Å². The molecule has 3 rings (SSSR count). The van der Waals surface area contributed by atoms with Gasteiger partial charge in [-0.25, -0.2) is 4.79 Å². The Labute approximate surface area is 147 Å². The monoisotopic (exact) mass is 350 g/mol. The minimum Gasteiger partial charge on any atom is -0.458 e. The lowest BCUT2D eigenvalue weighted by Gasteiger charge is -2.28. The number of aliphatic hydroxyl groups is 1. The second-order valence-electron chi connectivity index (χ2n) is 7.84. The number of esters is 2. The normalized spacial score (nSPS) is 40.7. The second kappa shape index (κ2) is 6.25. The van der Waals surface area contributed by atoms with Crippen molar-refractivity contribution in [1.82, 2.24) is 0 Å². The van der Waals surface area contributed by atoms with Crippen LogP contribution in [0.4, 0.5) is 0 Å². The molecule has 6 nitrogen and oxygen atoms in total. The van der Waals surface area contributed by atoms with Crippen LogP contribution >= 0.6 is 0 Å². The molecule has 3 aliphatic rings. The van der Waals surface area contributed by atoms with Crippen molar-refractivity contribution in [3.05, 3.63) is 23.8 Å². The Balaban J connectivity index is 1.97. The molecule has 6 atom stereocenters. The molecule has 1 N–H and O–H groups in total. The number of epoxide rings is 1. The summed E-state index contributed by atoms with van der Waals surface area (Å²) in [7, 11) is 0. The molecule has 0 aromatic heterocycles. The lowest BCUT2D eigenvalue weighted by molar-refractivity contribution is -0.153. The van der Waals surface area contributed by atoms with Crippen LogP contribution in [0.15, 0.2) is 23.8 Å². The first-order valence-electron chi connectivity index (χ1n) is 8.77.